The lowest BCUT2D eigenvalue weighted by Gasteiger charge is -2.39. The van der Waals surface area contributed by atoms with Gasteiger partial charge in [-0.15, -0.1) is 0 Å². The fraction of sp³-hybridized carbons (Fsp3) is 0.292. The van der Waals surface area contributed by atoms with Crippen LogP contribution in [-0.2, 0) is 0 Å². The van der Waals surface area contributed by atoms with Gasteiger partial charge in [0.1, 0.15) is 28.3 Å². The Bertz CT molecular complexity index is 2380. The molecule has 5 aromatic carbocycles. The molecule has 2 aliphatic rings. The summed E-state index contributed by atoms with van der Waals surface area (Å²) in [5.41, 5.74) is 9.09. The Balaban J connectivity index is 1.04. The third kappa shape index (κ3) is 8.28. The summed E-state index contributed by atoms with van der Waals surface area (Å²) in [6.45, 7) is 9.11. The van der Waals surface area contributed by atoms with E-state index in [1.807, 2.05) is 73.1 Å². The molecule has 0 radical (unpaired) electrons. The lowest BCUT2D eigenvalue weighted by Crippen LogP contribution is -2.47. The number of hydrogen-bond donors (Lipinski definition) is 1. The van der Waals surface area contributed by atoms with Gasteiger partial charge in [-0.2, -0.15) is 0 Å². The van der Waals surface area contributed by atoms with Gasteiger partial charge in [0.2, 0.25) is 0 Å². The number of para-hydroxylation sites is 1. The second-order valence-electron chi connectivity index (χ2n) is 16.0. The fourth-order valence-electron chi connectivity index (χ4n) is 8.39. The van der Waals surface area contributed by atoms with Crippen LogP contribution < -0.4 is 19.1 Å². The molecule has 9 nitrogen and oxygen atoms in total. The SMILES string of the molecule is COc1ccc(C(c2ccc(OC)cc2)n2cnc3c(Oc4cc(N5CCN(CC6=C(c7ccc(Cl)cc7)CC(C)(C)CC6)CC5)ccc4C(=O)O)cccc32)cc1. The van der Waals surface area contributed by atoms with Crippen molar-refractivity contribution < 1.29 is 24.1 Å². The van der Waals surface area contributed by atoms with Gasteiger partial charge in [0, 0.05) is 49.5 Å². The van der Waals surface area contributed by atoms with Gasteiger partial charge in [-0.1, -0.05) is 73.5 Å². The van der Waals surface area contributed by atoms with Gasteiger partial charge in [-0.3, -0.25) is 4.90 Å². The van der Waals surface area contributed by atoms with Gasteiger partial charge >= 0.3 is 5.97 Å². The van der Waals surface area contributed by atoms with Gasteiger partial charge in [-0.25, -0.2) is 9.78 Å². The lowest BCUT2D eigenvalue weighted by molar-refractivity contribution is 0.0694. The van der Waals surface area contributed by atoms with Crippen molar-refractivity contribution in [2.45, 2.75) is 39.2 Å². The maximum atomic E-state index is 12.5. The number of carboxylic acids is 1. The predicted octanol–water partition coefficient (Wildman–Crippen LogP) is 10.6. The molecule has 0 spiro atoms. The number of carbonyl (C=O) groups is 1. The average Bonchev–Trinajstić information content (AvgIpc) is 3.67. The molecule has 6 aromatic rings. The molecule has 1 aliphatic carbocycles. The van der Waals surface area contributed by atoms with Crippen molar-refractivity contribution in [1.82, 2.24) is 14.5 Å². The number of rotatable bonds is 12. The molecule has 1 fully saturated rings. The highest BCUT2D eigenvalue weighted by Gasteiger charge is 2.30. The predicted molar refractivity (Wildman–Crippen MR) is 231 cm³/mol. The smallest absolute Gasteiger partial charge is 0.339 e. The number of methoxy groups -OCH3 is 2. The lowest BCUT2D eigenvalue weighted by atomic mass is 9.72. The average molecular weight is 797 g/mol. The Hall–Kier alpha value is -5.77. The largest absolute Gasteiger partial charge is 0.497 e. The number of imidazole rings is 1. The van der Waals surface area contributed by atoms with Crippen LogP contribution in [-0.4, -0.2) is 72.5 Å². The van der Waals surface area contributed by atoms with Crippen molar-refractivity contribution >= 4 is 39.9 Å². The quantitative estimate of drug-likeness (QED) is 0.131. The van der Waals surface area contributed by atoms with Crippen molar-refractivity contribution in [3.63, 3.8) is 0 Å². The summed E-state index contributed by atoms with van der Waals surface area (Å²) in [6.07, 6.45) is 5.14. The van der Waals surface area contributed by atoms with Crippen molar-refractivity contribution in [2.75, 3.05) is 51.8 Å². The number of halogens is 1. The molecule has 58 heavy (non-hydrogen) atoms. The summed E-state index contributed by atoms with van der Waals surface area (Å²) in [5, 5.41) is 11.0. The number of aromatic nitrogens is 2. The zero-order chi connectivity index (χ0) is 40.4. The Morgan fingerprint density at radius 3 is 2.10 bits per heavy atom. The monoisotopic (exact) mass is 796 g/mol. The fourth-order valence-corrected chi connectivity index (χ4v) is 8.52. The van der Waals surface area contributed by atoms with Crippen LogP contribution in [0.15, 0.2) is 121 Å². The van der Waals surface area contributed by atoms with Crippen LogP contribution in [0.2, 0.25) is 5.02 Å². The molecule has 1 N–H and O–H groups in total. The van der Waals surface area contributed by atoms with Gasteiger partial charge in [-0.05, 0) is 108 Å². The first-order valence-electron chi connectivity index (χ1n) is 19.8. The van der Waals surface area contributed by atoms with Gasteiger partial charge in [0.05, 0.1) is 32.1 Å². The minimum Gasteiger partial charge on any atom is -0.497 e. The second-order valence-corrected chi connectivity index (χ2v) is 16.4. The zero-order valence-corrected chi connectivity index (χ0v) is 34.2. The number of anilines is 1. The molecule has 8 rings (SSSR count). The summed E-state index contributed by atoms with van der Waals surface area (Å²) in [5.74, 6) is 1.24. The van der Waals surface area contributed by atoms with Crippen LogP contribution in [0.5, 0.6) is 23.0 Å². The van der Waals surface area contributed by atoms with E-state index in [-0.39, 0.29) is 22.8 Å². The molecule has 10 heteroatoms. The number of hydrogen-bond acceptors (Lipinski definition) is 7. The molecule has 1 saturated heterocycles. The van der Waals surface area contributed by atoms with Crippen LogP contribution in [0.1, 0.15) is 66.2 Å². The number of ether oxygens (including phenoxy) is 3. The van der Waals surface area contributed by atoms with Gasteiger partial charge < -0.3 is 28.8 Å². The van der Waals surface area contributed by atoms with E-state index in [1.165, 1.54) is 23.1 Å². The number of allylic oxidation sites excluding steroid dienone is 1. The number of aromatic carboxylic acids is 1. The van der Waals surface area contributed by atoms with Gasteiger partial charge in [0.25, 0.3) is 0 Å². The van der Waals surface area contributed by atoms with Crippen molar-refractivity contribution in [2.24, 2.45) is 5.41 Å². The summed E-state index contributed by atoms with van der Waals surface area (Å²) >= 11 is 6.25. The van der Waals surface area contributed by atoms with E-state index in [0.717, 1.165) is 84.4 Å². The van der Waals surface area contributed by atoms with Crippen LogP contribution in [0.4, 0.5) is 5.69 Å². The number of carboxylic acid groups (broad SMARTS) is 1. The van der Waals surface area contributed by atoms with Gasteiger partial charge in [0.15, 0.2) is 5.75 Å². The minimum atomic E-state index is -1.05. The maximum Gasteiger partial charge on any atom is 0.339 e. The van der Waals surface area contributed by atoms with Crippen LogP contribution in [0, 0.1) is 5.41 Å². The molecule has 1 aromatic heterocycles. The normalized spacial score (nSPS) is 15.9. The molecular weight excluding hydrogens is 748 g/mol. The second kappa shape index (κ2) is 16.6. The first-order chi connectivity index (χ1) is 28.1. The first-order valence-corrected chi connectivity index (χ1v) is 20.2. The highest BCUT2D eigenvalue weighted by atomic mass is 35.5. The molecule has 0 saturated carbocycles. The molecule has 0 unspecified atom stereocenters. The molecular formula is C48H49ClN4O5. The van der Waals surface area contributed by atoms with Crippen LogP contribution in [0.3, 0.4) is 0 Å². The summed E-state index contributed by atoms with van der Waals surface area (Å²) in [4.78, 5) is 22.2. The zero-order valence-electron chi connectivity index (χ0n) is 33.5. The Morgan fingerprint density at radius 1 is 0.828 bits per heavy atom. The topological polar surface area (TPSA) is 89.3 Å². The molecule has 0 bridgehead atoms. The third-order valence-corrected chi connectivity index (χ3v) is 11.9. The van der Waals surface area contributed by atoms with Crippen LogP contribution >= 0.6 is 11.6 Å². The van der Waals surface area contributed by atoms with E-state index in [1.54, 1.807) is 20.3 Å². The van der Waals surface area contributed by atoms with E-state index < -0.39 is 5.97 Å². The number of fused-ring (bicyclic) bond motifs is 1. The Kier molecular flexibility index (Phi) is 11.2. The molecule has 0 amide bonds. The highest BCUT2D eigenvalue weighted by molar-refractivity contribution is 6.30. The number of piperazine rings is 1. The minimum absolute atomic E-state index is 0.0926. The van der Waals surface area contributed by atoms with Crippen LogP contribution in [0.25, 0.3) is 16.6 Å². The molecule has 2 heterocycles. The standard InChI is InChI=1S/C48H49ClN4O5/c1-48(2)23-22-35(41(29-48)32-8-14-36(49)15-9-32)30-51-24-26-52(27-25-51)37-16-21-40(47(54)55)44(28-37)58-43-7-5-6-42-45(43)50-31-53(42)46(33-10-17-38(56-3)18-11-33)34-12-19-39(57-4)20-13-34/h5-21,28,31,46H,22-27,29-30H2,1-4H3,(H,54,55). The van der Waals surface area contributed by atoms with Crippen molar-refractivity contribution in [1.29, 1.82) is 0 Å². The van der Waals surface area contributed by atoms with E-state index in [4.69, 9.17) is 30.8 Å². The number of benzene rings is 5. The summed E-state index contributed by atoms with van der Waals surface area (Å²) < 4.78 is 19.5. The summed E-state index contributed by atoms with van der Waals surface area (Å²) in [6, 6.07) is 35.2. The Labute approximate surface area is 345 Å². The Morgan fingerprint density at radius 2 is 1.48 bits per heavy atom. The molecule has 1 aliphatic heterocycles. The van der Waals surface area contributed by atoms with E-state index >= 15 is 0 Å². The summed E-state index contributed by atoms with van der Waals surface area (Å²) in [7, 11) is 3.31. The van der Waals surface area contributed by atoms with E-state index in [0.29, 0.717) is 11.3 Å². The van der Waals surface area contributed by atoms with Crippen molar-refractivity contribution in [3.8, 4) is 23.0 Å². The highest BCUT2D eigenvalue weighted by Crippen LogP contribution is 2.44. The van der Waals surface area contributed by atoms with E-state index in [9.17, 15) is 9.90 Å². The van der Waals surface area contributed by atoms with E-state index in [2.05, 4.69) is 64.6 Å². The number of nitrogens with zero attached hydrogens (tertiary/aromatic N) is 4. The van der Waals surface area contributed by atoms with Crippen molar-refractivity contribution in [3.05, 3.63) is 148 Å². The molecule has 298 valence electrons. The third-order valence-electron chi connectivity index (χ3n) is 11.7. The first kappa shape index (κ1) is 39.1. The maximum absolute atomic E-state index is 12.5. The molecule has 0 atom stereocenters.